The monoisotopic (exact) mass is 239 g/mol. The molecular formula is C13H21NO3. The number of rotatable bonds is 7. The first-order chi connectivity index (χ1) is 8.19. The van der Waals surface area contributed by atoms with Crippen LogP contribution in [0.15, 0.2) is 18.2 Å². The Morgan fingerprint density at radius 3 is 2.12 bits per heavy atom. The van der Waals surface area contributed by atoms with Crippen molar-refractivity contribution < 1.29 is 14.2 Å². The van der Waals surface area contributed by atoms with Crippen LogP contribution in [0.3, 0.4) is 0 Å². The molecule has 0 saturated heterocycles. The molecule has 17 heavy (non-hydrogen) atoms. The topological polar surface area (TPSA) is 39.7 Å². The van der Waals surface area contributed by atoms with Crippen LogP contribution in [0, 0.1) is 0 Å². The molecule has 0 amide bonds. The Kier molecular flexibility index (Phi) is 5.80. The van der Waals surface area contributed by atoms with Crippen molar-refractivity contribution in [2.75, 3.05) is 27.9 Å². The average molecular weight is 239 g/mol. The Bertz CT molecular complexity index is 319. The number of methoxy groups -OCH3 is 3. The zero-order valence-corrected chi connectivity index (χ0v) is 10.9. The summed E-state index contributed by atoms with van der Waals surface area (Å²) in [6.45, 7) is 3.54. The summed E-state index contributed by atoms with van der Waals surface area (Å²) in [5.41, 5.74) is 1.13. The van der Waals surface area contributed by atoms with Crippen LogP contribution in [0.2, 0.25) is 0 Å². The van der Waals surface area contributed by atoms with Gasteiger partial charge in [-0.3, -0.25) is 0 Å². The summed E-state index contributed by atoms with van der Waals surface area (Å²) in [5.74, 6) is 1.61. The Labute approximate surface area is 103 Å². The molecule has 0 heterocycles. The van der Waals surface area contributed by atoms with Crippen molar-refractivity contribution in [3.05, 3.63) is 23.8 Å². The third-order valence-corrected chi connectivity index (χ3v) is 2.48. The van der Waals surface area contributed by atoms with Crippen molar-refractivity contribution in [1.29, 1.82) is 0 Å². The minimum atomic E-state index is 0.317. The molecule has 4 heteroatoms. The van der Waals surface area contributed by atoms with E-state index < -0.39 is 0 Å². The summed E-state index contributed by atoms with van der Waals surface area (Å²) in [5, 5.41) is 3.37. The van der Waals surface area contributed by atoms with Crippen molar-refractivity contribution in [2.45, 2.75) is 19.5 Å². The molecule has 0 fully saturated rings. The molecule has 1 N–H and O–H groups in total. The molecule has 0 aliphatic rings. The summed E-state index contributed by atoms with van der Waals surface area (Å²) in [4.78, 5) is 0. The Morgan fingerprint density at radius 2 is 1.65 bits per heavy atom. The van der Waals surface area contributed by atoms with Gasteiger partial charge in [0.2, 0.25) is 0 Å². The first-order valence-corrected chi connectivity index (χ1v) is 5.64. The Hall–Kier alpha value is -1.26. The summed E-state index contributed by atoms with van der Waals surface area (Å²) in [6.07, 6.45) is 0. The van der Waals surface area contributed by atoms with Gasteiger partial charge in [0.1, 0.15) is 11.5 Å². The molecule has 1 rings (SSSR count). The third-order valence-electron chi connectivity index (χ3n) is 2.48. The minimum Gasteiger partial charge on any atom is -0.497 e. The maximum atomic E-state index is 5.22. The van der Waals surface area contributed by atoms with Gasteiger partial charge in [-0.15, -0.1) is 0 Å². The highest BCUT2D eigenvalue weighted by molar-refractivity contribution is 5.38. The van der Waals surface area contributed by atoms with Gasteiger partial charge in [-0.2, -0.15) is 0 Å². The van der Waals surface area contributed by atoms with Crippen LogP contribution in [0.4, 0.5) is 0 Å². The van der Waals surface area contributed by atoms with Crippen molar-refractivity contribution >= 4 is 0 Å². The number of nitrogens with one attached hydrogen (secondary N) is 1. The van der Waals surface area contributed by atoms with E-state index in [2.05, 4.69) is 12.2 Å². The summed E-state index contributed by atoms with van der Waals surface area (Å²) in [6, 6.07) is 6.17. The SMILES string of the molecule is COCC(C)NCc1cc(OC)cc(OC)c1. The molecule has 0 aliphatic heterocycles. The fourth-order valence-electron chi connectivity index (χ4n) is 1.57. The molecular weight excluding hydrogens is 218 g/mol. The highest BCUT2D eigenvalue weighted by Crippen LogP contribution is 2.22. The van der Waals surface area contributed by atoms with Crippen LogP contribution in [0.25, 0.3) is 0 Å². The van der Waals surface area contributed by atoms with Crippen LogP contribution < -0.4 is 14.8 Å². The van der Waals surface area contributed by atoms with E-state index in [1.54, 1.807) is 21.3 Å². The number of benzene rings is 1. The Morgan fingerprint density at radius 1 is 1.06 bits per heavy atom. The quantitative estimate of drug-likeness (QED) is 0.788. The van der Waals surface area contributed by atoms with Crippen LogP contribution in [-0.4, -0.2) is 34.0 Å². The fourth-order valence-corrected chi connectivity index (χ4v) is 1.57. The second-order valence-corrected chi connectivity index (χ2v) is 3.96. The molecule has 0 bridgehead atoms. The van der Waals surface area contributed by atoms with Crippen LogP contribution >= 0.6 is 0 Å². The molecule has 4 nitrogen and oxygen atoms in total. The van der Waals surface area contributed by atoms with E-state index in [0.29, 0.717) is 12.6 Å². The highest BCUT2D eigenvalue weighted by atomic mass is 16.5. The molecule has 96 valence electrons. The van der Waals surface area contributed by atoms with Gasteiger partial charge in [0, 0.05) is 25.8 Å². The molecule has 0 aliphatic carbocycles. The van der Waals surface area contributed by atoms with Crippen LogP contribution in [0.1, 0.15) is 12.5 Å². The van der Waals surface area contributed by atoms with Gasteiger partial charge < -0.3 is 19.5 Å². The van der Waals surface area contributed by atoms with E-state index in [-0.39, 0.29) is 0 Å². The first-order valence-electron chi connectivity index (χ1n) is 5.64. The van der Waals surface area contributed by atoms with Crippen molar-refractivity contribution in [2.24, 2.45) is 0 Å². The maximum absolute atomic E-state index is 5.22. The van der Waals surface area contributed by atoms with Gasteiger partial charge in [-0.25, -0.2) is 0 Å². The fraction of sp³-hybridized carbons (Fsp3) is 0.538. The van der Waals surface area contributed by atoms with Gasteiger partial charge in [-0.1, -0.05) is 0 Å². The van der Waals surface area contributed by atoms with E-state index in [1.165, 1.54) is 0 Å². The second kappa shape index (κ2) is 7.14. The second-order valence-electron chi connectivity index (χ2n) is 3.96. The van der Waals surface area contributed by atoms with E-state index in [0.717, 1.165) is 23.6 Å². The zero-order valence-electron chi connectivity index (χ0n) is 10.9. The summed E-state index contributed by atoms with van der Waals surface area (Å²) in [7, 11) is 5.01. The van der Waals surface area contributed by atoms with E-state index in [4.69, 9.17) is 14.2 Å². The number of ether oxygens (including phenoxy) is 3. The largest absolute Gasteiger partial charge is 0.497 e. The number of hydrogen-bond donors (Lipinski definition) is 1. The standard InChI is InChI=1S/C13H21NO3/c1-10(9-15-2)14-8-11-5-12(16-3)7-13(6-11)17-4/h5-7,10,14H,8-9H2,1-4H3. The van der Waals surface area contributed by atoms with Gasteiger partial charge in [0.25, 0.3) is 0 Å². The molecule has 0 radical (unpaired) electrons. The highest BCUT2D eigenvalue weighted by Gasteiger charge is 2.04. The lowest BCUT2D eigenvalue weighted by Gasteiger charge is -2.14. The lowest BCUT2D eigenvalue weighted by Crippen LogP contribution is -2.29. The predicted molar refractivity (Wildman–Crippen MR) is 67.7 cm³/mol. The molecule has 1 aromatic rings. The molecule has 0 spiro atoms. The zero-order chi connectivity index (χ0) is 12.7. The van der Waals surface area contributed by atoms with Crippen LogP contribution in [-0.2, 0) is 11.3 Å². The smallest absolute Gasteiger partial charge is 0.122 e. The van der Waals surface area contributed by atoms with E-state index in [1.807, 2.05) is 18.2 Å². The number of hydrogen-bond acceptors (Lipinski definition) is 4. The van der Waals surface area contributed by atoms with Gasteiger partial charge in [0.15, 0.2) is 0 Å². The lowest BCUT2D eigenvalue weighted by atomic mass is 10.2. The van der Waals surface area contributed by atoms with E-state index >= 15 is 0 Å². The molecule has 0 saturated carbocycles. The van der Waals surface area contributed by atoms with E-state index in [9.17, 15) is 0 Å². The van der Waals surface area contributed by atoms with Gasteiger partial charge in [0.05, 0.1) is 20.8 Å². The van der Waals surface area contributed by atoms with Gasteiger partial charge in [-0.05, 0) is 24.6 Å². The van der Waals surface area contributed by atoms with Gasteiger partial charge >= 0.3 is 0 Å². The normalized spacial score (nSPS) is 12.2. The summed E-state index contributed by atoms with van der Waals surface area (Å²) < 4.78 is 15.5. The lowest BCUT2D eigenvalue weighted by molar-refractivity contribution is 0.171. The Balaban J connectivity index is 2.63. The summed E-state index contributed by atoms with van der Waals surface area (Å²) >= 11 is 0. The van der Waals surface area contributed by atoms with Crippen molar-refractivity contribution in [1.82, 2.24) is 5.32 Å². The minimum absolute atomic E-state index is 0.317. The first kappa shape index (κ1) is 13.8. The molecule has 1 atom stereocenters. The predicted octanol–water partition coefficient (Wildman–Crippen LogP) is 1.83. The third kappa shape index (κ3) is 4.63. The molecule has 1 unspecified atom stereocenters. The molecule has 1 aromatic carbocycles. The molecule has 0 aromatic heterocycles. The van der Waals surface area contributed by atoms with Crippen LogP contribution in [0.5, 0.6) is 11.5 Å². The maximum Gasteiger partial charge on any atom is 0.122 e. The average Bonchev–Trinajstić information content (AvgIpc) is 2.36. The van der Waals surface area contributed by atoms with Crippen molar-refractivity contribution in [3.8, 4) is 11.5 Å². The van der Waals surface area contributed by atoms with Crippen molar-refractivity contribution in [3.63, 3.8) is 0 Å².